The van der Waals surface area contributed by atoms with E-state index in [4.69, 9.17) is 4.74 Å². The van der Waals surface area contributed by atoms with Crippen LogP contribution in [0.5, 0.6) is 11.5 Å². The first-order valence-electron chi connectivity index (χ1n) is 6.19. The lowest BCUT2D eigenvalue weighted by Gasteiger charge is -2.18. The molecular weight excluding hydrogens is 272 g/mol. The van der Waals surface area contributed by atoms with Crippen LogP contribution in [0.2, 0.25) is 0 Å². The van der Waals surface area contributed by atoms with Crippen LogP contribution in [0.25, 0.3) is 0 Å². The predicted octanol–water partition coefficient (Wildman–Crippen LogP) is 1.48. The van der Waals surface area contributed by atoms with Gasteiger partial charge in [-0.1, -0.05) is 12.1 Å². The van der Waals surface area contributed by atoms with Crippen molar-refractivity contribution in [1.82, 2.24) is 5.32 Å². The summed E-state index contributed by atoms with van der Waals surface area (Å²) >= 11 is 0. The van der Waals surface area contributed by atoms with Crippen molar-refractivity contribution in [3.63, 3.8) is 0 Å². The second-order valence-corrected chi connectivity index (χ2v) is 4.74. The van der Waals surface area contributed by atoms with Gasteiger partial charge in [-0.15, -0.1) is 8.78 Å². The van der Waals surface area contributed by atoms with E-state index in [2.05, 4.69) is 14.8 Å². The van der Waals surface area contributed by atoms with Gasteiger partial charge in [0.05, 0.1) is 13.0 Å². The van der Waals surface area contributed by atoms with Crippen LogP contribution in [0.15, 0.2) is 18.2 Å². The Labute approximate surface area is 113 Å². The summed E-state index contributed by atoms with van der Waals surface area (Å²) < 4.78 is 40.1. The fourth-order valence-electron chi connectivity index (χ4n) is 2.69. The summed E-state index contributed by atoms with van der Waals surface area (Å²) in [4.78, 5) is 11.7. The number of alkyl halides is 2. The minimum absolute atomic E-state index is 0.0000954. The number of rotatable bonds is 2. The molecule has 7 heteroatoms. The van der Waals surface area contributed by atoms with Gasteiger partial charge in [-0.25, -0.2) is 0 Å². The Morgan fingerprint density at radius 3 is 2.95 bits per heavy atom. The van der Waals surface area contributed by atoms with Gasteiger partial charge in [-0.05, 0) is 6.07 Å². The molecule has 2 aliphatic heterocycles. The molecule has 0 bridgehead atoms. The number of halogens is 2. The van der Waals surface area contributed by atoms with E-state index in [9.17, 15) is 13.6 Å². The van der Waals surface area contributed by atoms with Crippen molar-refractivity contribution in [3.8, 4) is 11.5 Å². The monoisotopic (exact) mass is 285 g/mol. The molecule has 108 valence electrons. The number of carbonyl (C=O) groups excluding carboxylic acids is 1. The Morgan fingerprint density at radius 1 is 1.40 bits per heavy atom. The van der Waals surface area contributed by atoms with Crippen molar-refractivity contribution >= 4 is 5.97 Å². The first-order chi connectivity index (χ1) is 9.52. The zero-order valence-electron chi connectivity index (χ0n) is 10.7. The molecule has 2 atom stereocenters. The van der Waals surface area contributed by atoms with Crippen molar-refractivity contribution in [2.24, 2.45) is 5.92 Å². The van der Waals surface area contributed by atoms with Gasteiger partial charge >= 0.3 is 12.3 Å². The van der Waals surface area contributed by atoms with Crippen LogP contribution in [0.1, 0.15) is 11.5 Å². The number of benzene rings is 1. The zero-order valence-corrected chi connectivity index (χ0v) is 10.7. The molecule has 20 heavy (non-hydrogen) atoms. The number of ether oxygens (including phenoxy) is 3. The number of hydrogen-bond donors (Lipinski definition) is 1. The molecule has 0 saturated carbocycles. The van der Waals surface area contributed by atoms with Gasteiger partial charge in [0.25, 0.3) is 0 Å². The van der Waals surface area contributed by atoms with Crippen LogP contribution < -0.4 is 14.8 Å². The lowest BCUT2D eigenvalue weighted by Crippen LogP contribution is -2.26. The lowest BCUT2D eigenvalue weighted by atomic mass is 9.88. The number of hydrogen-bond acceptors (Lipinski definition) is 5. The van der Waals surface area contributed by atoms with Crippen LogP contribution in [0, 0.1) is 5.92 Å². The maximum Gasteiger partial charge on any atom is 0.586 e. The number of carbonyl (C=O) groups is 1. The first-order valence-corrected chi connectivity index (χ1v) is 6.19. The molecular formula is C13H13F2NO4. The minimum atomic E-state index is -3.66. The largest absolute Gasteiger partial charge is 0.586 e. The van der Waals surface area contributed by atoms with Gasteiger partial charge in [0.2, 0.25) is 0 Å². The normalized spacial score (nSPS) is 26.6. The smallest absolute Gasteiger partial charge is 0.469 e. The number of para-hydroxylation sites is 1. The molecule has 0 aromatic heterocycles. The topological polar surface area (TPSA) is 56.8 Å². The summed E-state index contributed by atoms with van der Waals surface area (Å²) in [5.41, 5.74) is 0.528. The summed E-state index contributed by atoms with van der Waals surface area (Å²) in [5, 5.41) is 3.06. The highest BCUT2D eigenvalue weighted by molar-refractivity contribution is 5.75. The minimum Gasteiger partial charge on any atom is -0.469 e. The highest BCUT2D eigenvalue weighted by Crippen LogP contribution is 2.47. The molecule has 0 spiro atoms. The number of methoxy groups -OCH3 is 1. The average Bonchev–Trinajstić information content (AvgIpc) is 2.99. The van der Waals surface area contributed by atoms with E-state index in [0.717, 1.165) is 0 Å². The molecule has 3 rings (SSSR count). The van der Waals surface area contributed by atoms with E-state index >= 15 is 0 Å². The van der Waals surface area contributed by atoms with Gasteiger partial charge in [-0.3, -0.25) is 4.79 Å². The molecule has 0 amide bonds. The summed E-state index contributed by atoms with van der Waals surface area (Å²) in [6, 6.07) is 4.68. The van der Waals surface area contributed by atoms with E-state index < -0.39 is 12.2 Å². The van der Waals surface area contributed by atoms with Crippen LogP contribution in [-0.4, -0.2) is 32.5 Å². The second kappa shape index (κ2) is 4.59. The Balaban J connectivity index is 1.96. The average molecular weight is 285 g/mol. The third-order valence-corrected chi connectivity index (χ3v) is 3.58. The van der Waals surface area contributed by atoms with E-state index in [0.29, 0.717) is 18.7 Å². The standard InChI is InChI=1S/C13H13F2NO4/c1-18-12(17)9-6-16-5-8(9)7-3-2-4-10-11(7)20-13(14,15)19-10/h2-4,8-9,16H,5-6H2,1H3. The Hall–Kier alpha value is -1.89. The van der Waals surface area contributed by atoms with Gasteiger partial charge in [0.1, 0.15) is 0 Å². The summed E-state index contributed by atoms with van der Waals surface area (Å²) in [6.45, 7) is 0.934. The third-order valence-electron chi connectivity index (χ3n) is 3.58. The van der Waals surface area contributed by atoms with Crippen LogP contribution >= 0.6 is 0 Å². The Morgan fingerprint density at radius 2 is 2.20 bits per heavy atom. The third kappa shape index (κ3) is 2.07. The van der Waals surface area contributed by atoms with E-state index in [-0.39, 0.29) is 23.4 Å². The maximum absolute atomic E-state index is 13.2. The molecule has 2 aliphatic rings. The van der Waals surface area contributed by atoms with E-state index in [1.54, 1.807) is 12.1 Å². The fourth-order valence-corrected chi connectivity index (χ4v) is 2.69. The number of esters is 1. The summed E-state index contributed by atoms with van der Waals surface area (Å²) in [5.74, 6) is -1.09. The highest BCUT2D eigenvalue weighted by atomic mass is 19.3. The Kier molecular flexibility index (Phi) is 3.01. The van der Waals surface area contributed by atoms with Crippen molar-refractivity contribution in [3.05, 3.63) is 23.8 Å². The fraction of sp³-hybridized carbons (Fsp3) is 0.462. The molecule has 5 nitrogen and oxygen atoms in total. The summed E-state index contributed by atoms with van der Waals surface area (Å²) in [6.07, 6.45) is -3.66. The van der Waals surface area contributed by atoms with Gasteiger partial charge in [0, 0.05) is 24.6 Å². The first kappa shape index (κ1) is 13.1. The zero-order chi connectivity index (χ0) is 14.3. The quantitative estimate of drug-likeness (QED) is 0.834. The highest BCUT2D eigenvalue weighted by Gasteiger charge is 2.46. The van der Waals surface area contributed by atoms with Crippen molar-refractivity contribution in [1.29, 1.82) is 0 Å². The van der Waals surface area contributed by atoms with Crippen molar-refractivity contribution in [2.45, 2.75) is 12.2 Å². The lowest BCUT2D eigenvalue weighted by molar-refractivity contribution is -0.287. The SMILES string of the molecule is COC(=O)C1CNCC1c1cccc2c1OC(F)(F)O2. The van der Waals surface area contributed by atoms with Crippen LogP contribution in [0.4, 0.5) is 8.78 Å². The van der Waals surface area contributed by atoms with Crippen LogP contribution in [-0.2, 0) is 9.53 Å². The molecule has 1 aromatic rings. The maximum atomic E-state index is 13.2. The van der Waals surface area contributed by atoms with Crippen LogP contribution in [0.3, 0.4) is 0 Å². The molecule has 2 heterocycles. The second-order valence-electron chi connectivity index (χ2n) is 4.74. The predicted molar refractivity (Wildman–Crippen MR) is 63.8 cm³/mol. The van der Waals surface area contributed by atoms with Crippen molar-refractivity contribution < 1.29 is 27.8 Å². The van der Waals surface area contributed by atoms with Gasteiger partial charge < -0.3 is 19.5 Å². The molecule has 0 radical (unpaired) electrons. The number of fused-ring (bicyclic) bond motifs is 1. The molecule has 1 aromatic carbocycles. The van der Waals surface area contributed by atoms with E-state index in [1.807, 2.05) is 0 Å². The number of nitrogens with one attached hydrogen (secondary N) is 1. The van der Waals surface area contributed by atoms with Crippen molar-refractivity contribution in [2.75, 3.05) is 20.2 Å². The van der Waals surface area contributed by atoms with Gasteiger partial charge in [0.15, 0.2) is 11.5 Å². The molecule has 1 saturated heterocycles. The molecule has 1 N–H and O–H groups in total. The molecule has 2 unspecified atom stereocenters. The molecule has 1 fully saturated rings. The van der Waals surface area contributed by atoms with Gasteiger partial charge in [-0.2, -0.15) is 0 Å². The molecule has 0 aliphatic carbocycles. The van der Waals surface area contributed by atoms with E-state index in [1.165, 1.54) is 13.2 Å². The Bertz CT molecular complexity index is 549. The summed E-state index contributed by atoms with van der Waals surface area (Å²) in [7, 11) is 1.31.